The van der Waals surface area contributed by atoms with Crippen LogP contribution in [0.4, 0.5) is 0 Å². The number of nitrogens with zero attached hydrogens (tertiary/aromatic N) is 2. The van der Waals surface area contributed by atoms with Gasteiger partial charge in [0.05, 0.1) is 13.1 Å². The van der Waals surface area contributed by atoms with Crippen LogP contribution in [0, 0.1) is 0 Å². The van der Waals surface area contributed by atoms with E-state index in [0.29, 0.717) is 24.7 Å². The molecule has 0 aliphatic carbocycles. The highest BCUT2D eigenvalue weighted by atomic mass is 35.5. The summed E-state index contributed by atoms with van der Waals surface area (Å²) in [6, 6.07) is 7.32. The van der Waals surface area contributed by atoms with Crippen LogP contribution in [0.2, 0.25) is 5.02 Å². The van der Waals surface area contributed by atoms with Crippen LogP contribution >= 0.6 is 11.6 Å². The fourth-order valence-corrected chi connectivity index (χ4v) is 2.43. The molecule has 8 heteroatoms. The minimum absolute atomic E-state index is 0.0216. The molecule has 2 N–H and O–H groups in total. The van der Waals surface area contributed by atoms with Crippen molar-refractivity contribution in [3.8, 4) is 0 Å². The monoisotopic (exact) mass is 339 g/mol. The van der Waals surface area contributed by atoms with Crippen molar-refractivity contribution in [3.63, 3.8) is 0 Å². The van der Waals surface area contributed by atoms with E-state index in [1.54, 1.807) is 21.9 Å². The molecule has 1 saturated heterocycles. The Labute approximate surface area is 138 Å². The van der Waals surface area contributed by atoms with Gasteiger partial charge in [0.2, 0.25) is 11.8 Å². The Bertz CT molecular complexity index is 591. The van der Waals surface area contributed by atoms with Crippen LogP contribution in [0.25, 0.3) is 0 Å². The van der Waals surface area contributed by atoms with E-state index in [1.165, 1.54) is 0 Å². The van der Waals surface area contributed by atoms with Crippen LogP contribution in [0.5, 0.6) is 0 Å². The Morgan fingerprint density at radius 1 is 1.22 bits per heavy atom. The van der Waals surface area contributed by atoms with Crippen molar-refractivity contribution >= 4 is 29.4 Å². The second-order valence-electron chi connectivity index (χ2n) is 5.32. The molecule has 2 amide bonds. The zero-order valence-corrected chi connectivity index (χ0v) is 13.3. The number of hydrogen-bond acceptors (Lipinski definition) is 4. The van der Waals surface area contributed by atoms with Crippen molar-refractivity contribution in [1.29, 1.82) is 0 Å². The number of piperazine rings is 1. The van der Waals surface area contributed by atoms with Gasteiger partial charge in [-0.1, -0.05) is 23.7 Å². The van der Waals surface area contributed by atoms with Crippen LogP contribution in [-0.2, 0) is 20.9 Å². The molecule has 0 atom stereocenters. The molecule has 1 aromatic carbocycles. The van der Waals surface area contributed by atoms with E-state index < -0.39 is 18.4 Å². The predicted octanol–water partition coefficient (Wildman–Crippen LogP) is 0.185. The van der Waals surface area contributed by atoms with Crippen molar-refractivity contribution < 1.29 is 19.5 Å². The van der Waals surface area contributed by atoms with Gasteiger partial charge in [-0.05, 0) is 17.7 Å². The fourth-order valence-electron chi connectivity index (χ4n) is 2.30. The summed E-state index contributed by atoms with van der Waals surface area (Å²) < 4.78 is 0. The highest BCUT2D eigenvalue weighted by Crippen LogP contribution is 2.13. The van der Waals surface area contributed by atoms with Crippen molar-refractivity contribution in [2.45, 2.75) is 6.54 Å². The second-order valence-corrected chi connectivity index (χ2v) is 5.76. The third-order valence-electron chi connectivity index (χ3n) is 3.49. The van der Waals surface area contributed by atoms with Crippen molar-refractivity contribution in [1.82, 2.24) is 15.1 Å². The Balaban J connectivity index is 1.80. The van der Waals surface area contributed by atoms with Gasteiger partial charge in [0.15, 0.2) is 0 Å². The molecule has 1 fully saturated rings. The standard InChI is InChI=1S/C15H18ClN3O4/c16-12-3-1-11(2-4-12)8-19-6-5-18(10-14(19)21)9-13(20)17-7-15(22)23/h1-4H,5-10H2,(H,17,20)(H,22,23). The molecular weight excluding hydrogens is 322 g/mol. The summed E-state index contributed by atoms with van der Waals surface area (Å²) in [5, 5.41) is 11.4. The minimum atomic E-state index is -1.10. The van der Waals surface area contributed by atoms with Crippen molar-refractivity contribution in [2.24, 2.45) is 0 Å². The smallest absolute Gasteiger partial charge is 0.322 e. The van der Waals surface area contributed by atoms with Gasteiger partial charge in [-0.2, -0.15) is 0 Å². The molecule has 0 radical (unpaired) electrons. The number of benzene rings is 1. The fraction of sp³-hybridized carbons (Fsp3) is 0.400. The summed E-state index contributed by atoms with van der Waals surface area (Å²) >= 11 is 5.83. The molecular formula is C15H18ClN3O4. The number of amides is 2. The number of hydrogen-bond donors (Lipinski definition) is 2. The first-order chi connectivity index (χ1) is 10.9. The maximum Gasteiger partial charge on any atom is 0.322 e. The number of nitrogens with one attached hydrogen (secondary N) is 1. The number of carboxylic acids is 1. The molecule has 124 valence electrons. The number of carboxylic acid groups (broad SMARTS) is 1. The molecule has 2 rings (SSSR count). The van der Waals surface area contributed by atoms with E-state index in [4.69, 9.17) is 16.7 Å². The van der Waals surface area contributed by atoms with Crippen LogP contribution in [0.3, 0.4) is 0 Å². The van der Waals surface area contributed by atoms with Gasteiger partial charge in [0.1, 0.15) is 6.54 Å². The largest absolute Gasteiger partial charge is 0.480 e. The molecule has 1 heterocycles. The predicted molar refractivity (Wildman–Crippen MR) is 84.0 cm³/mol. The van der Waals surface area contributed by atoms with Gasteiger partial charge in [0.25, 0.3) is 0 Å². The molecule has 0 aromatic heterocycles. The Morgan fingerprint density at radius 3 is 2.52 bits per heavy atom. The molecule has 0 bridgehead atoms. The molecule has 0 unspecified atom stereocenters. The number of rotatable bonds is 6. The highest BCUT2D eigenvalue weighted by Gasteiger charge is 2.25. The van der Waals surface area contributed by atoms with E-state index in [0.717, 1.165) is 5.56 Å². The summed E-state index contributed by atoms with van der Waals surface area (Å²) in [5.74, 6) is -1.55. The Kier molecular flexibility index (Phi) is 5.95. The van der Waals surface area contributed by atoms with Crippen LogP contribution in [0.15, 0.2) is 24.3 Å². The third-order valence-corrected chi connectivity index (χ3v) is 3.74. The van der Waals surface area contributed by atoms with Gasteiger partial charge < -0.3 is 15.3 Å². The van der Waals surface area contributed by atoms with Crippen molar-refractivity contribution in [2.75, 3.05) is 32.7 Å². The first-order valence-electron chi connectivity index (χ1n) is 7.17. The van der Waals surface area contributed by atoms with E-state index in [-0.39, 0.29) is 19.0 Å². The molecule has 0 spiro atoms. The summed E-state index contributed by atoms with van der Waals surface area (Å²) in [6.45, 7) is 1.35. The number of carbonyl (C=O) groups is 3. The quantitative estimate of drug-likeness (QED) is 0.772. The van der Waals surface area contributed by atoms with E-state index >= 15 is 0 Å². The first kappa shape index (κ1) is 17.2. The SMILES string of the molecule is O=C(O)CNC(=O)CN1CCN(Cc2ccc(Cl)cc2)C(=O)C1. The molecule has 1 aliphatic heterocycles. The number of halogens is 1. The molecule has 7 nitrogen and oxygen atoms in total. The van der Waals surface area contributed by atoms with E-state index in [2.05, 4.69) is 5.32 Å². The maximum absolute atomic E-state index is 12.2. The first-order valence-corrected chi connectivity index (χ1v) is 7.55. The van der Waals surface area contributed by atoms with Gasteiger partial charge in [-0.3, -0.25) is 19.3 Å². The number of carbonyl (C=O) groups excluding carboxylic acids is 2. The average Bonchev–Trinajstić information content (AvgIpc) is 2.50. The molecule has 1 aromatic rings. The Hall–Kier alpha value is -2.12. The van der Waals surface area contributed by atoms with Gasteiger partial charge in [-0.15, -0.1) is 0 Å². The summed E-state index contributed by atoms with van der Waals surface area (Å²) in [6.07, 6.45) is 0. The third kappa shape index (κ3) is 5.54. The maximum atomic E-state index is 12.2. The minimum Gasteiger partial charge on any atom is -0.480 e. The normalized spacial score (nSPS) is 15.5. The Morgan fingerprint density at radius 2 is 1.91 bits per heavy atom. The zero-order chi connectivity index (χ0) is 16.8. The highest BCUT2D eigenvalue weighted by molar-refractivity contribution is 6.30. The van der Waals surface area contributed by atoms with Crippen LogP contribution in [-0.4, -0.2) is 65.4 Å². The van der Waals surface area contributed by atoms with E-state index in [1.807, 2.05) is 12.1 Å². The van der Waals surface area contributed by atoms with Crippen LogP contribution < -0.4 is 5.32 Å². The summed E-state index contributed by atoms with van der Waals surface area (Å²) in [5.41, 5.74) is 0.996. The number of aliphatic carboxylic acids is 1. The molecule has 1 aliphatic rings. The molecule has 23 heavy (non-hydrogen) atoms. The lowest BCUT2D eigenvalue weighted by molar-refractivity contribution is -0.140. The van der Waals surface area contributed by atoms with Crippen LogP contribution in [0.1, 0.15) is 5.56 Å². The van der Waals surface area contributed by atoms with E-state index in [9.17, 15) is 14.4 Å². The average molecular weight is 340 g/mol. The summed E-state index contributed by atoms with van der Waals surface area (Å²) in [7, 11) is 0. The van der Waals surface area contributed by atoms with Crippen molar-refractivity contribution in [3.05, 3.63) is 34.9 Å². The second kappa shape index (κ2) is 7.94. The molecule has 0 saturated carbocycles. The summed E-state index contributed by atoms with van der Waals surface area (Å²) in [4.78, 5) is 37.6. The van der Waals surface area contributed by atoms with Gasteiger partial charge >= 0.3 is 5.97 Å². The topological polar surface area (TPSA) is 89.9 Å². The lowest BCUT2D eigenvalue weighted by Gasteiger charge is -2.34. The van der Waals surface area contributed by atoms with Gasteiger partial charge in [-0.25, -0.2) is 0 Å². The zero-order valence-electron chi connectivity index (χ0n) is 12.5. The lowest BCUT2D eigenvalue weighted by atomic mass is 10.2. The van der Waals surface area contributed by atoms with Gasteiger partial charge in [0, 0.05) is 24.7 Å². The lowest BCUT2D eigenvalue weighted by Crippen LogP contribution is -2.52.